The van der Waals surface area contributed by atoms with Crippen LogP contribution in [0, 0.1) is 23.2 Å². The van der Waals surface area contributed by atoms with Gasteiger partial charge in [-0.05, 0) is 55.8 Å². The van der Waals surface area contributed by atoms with E-state index in [0.717, 1.165) is 49.9 Å². The van der Waals surface area contributed by atoms with Crippen LogP contribution in [0.3, 0.4) is 0 Å². The molecule has 0 spiro atoms. The number of H-pyrrole nitrogens is 1. The molecular weight excluding hydrogens is 509 g/mol. The number of likely N-dealkylation sites (tertiary alicyclic amines) is 1. The van der Waals surface area contributed by atoms with Gasteiger partial charge in [-0.25, -0.2) is 19.6 Å². The maximum atomic E-state index is 9.65. The van der Waals surface area contributed by atoms with E-state index < -0.39 is 0 Å². The summed E-state index contributed by atoms with van der Waals surface area (Å²) in [5.41, 5.74) is 2.19. The van der Waals surface area contributed by atoms with Crippen molar-refractivity contribution in [3.8, 4) is 6.07 Å². The van der Waals surface area contributed by atoms with E-state index in [9.17, 15) is 5.26 Å². The molecule has 9 nitrogen and oxygen atoms in total. The Kier molecular flexibility index (Phi) is 6.49. The van der Waals surface area contributed by atoms with E-state index in [2.05, 4.69) is 35.9 Å². The topological polar surface area (TPSA) is 103 Å². The van der Waals surface area contributed by atoms with Crippen molar-refractivity contribution in [1.29, 1.82) is 5.26 Å². The lowest BCUT2D eigenvalue weighted by Crippen LogP contribution is -2.53. The number of halogens is 2. The Morgan fingerprint density at radius 1 is 1.19 bits per heavy atom. The fourth-order valence-corrected chi connectivity index (χ4v) is 6.15. The van der Waals surface area contributed by atoms with Gasteiger partial charge in [-0.15, -0.1) is 0 Å². The molecule has 0 aliphatic carbocycles. The zero-order valence-corrected chi connectivity index (χ0v) is 22.0. The Labute approximate surface area is 225 Å². The lowest BCUT2D eigenvalue weighted by Gasteiger charge is -2.47. The summed E-state index contributed by atoms with van der Waals surface area (Å²) in [5.74, 6) is 3.14. The summed E-state index contributed by atoms with van der Waals surface area (Å²) in [6, 6.07) is 7.30. The van der Waals surface area contributed by atoms with Gasteiger partial charge in [-0.3, -0.25) is 4.90 Å². The quantitative estimate of drug-likeness (QED) is 0.382. The second-order valence-electron chi connectivity index (χ2n) is 9.99. The van der Waals surface area contributed by atoms with Crippen LogP contribution >= 0.6 is 23.2 Å². The predicted molar refractivity (Wildman–Crippen MR) is 143 cm³/mol. The highest BCUT2D eigenvalue weighted by Crippen LogP contribution is 2.35. The summed E-state index contributed by atoms with van der Waals surface area (Å²) < 4.78 is 1.74. The van der Waals surface area contributed by atoms with Crippen molar-refractivity contribution in [3.05, 3.63) is 63.9 Å². The Hall–Kier alpha value is -3.19. The molecule has 0 radical (unpaired) electrons. The molecule has 190 valence electrons. The number of rotatable bonds is 6. The maximum Gasteiger partial charge on any atom is 0.190 e. The number of nitrogens with zero attached hydrogens (tertiary/aromatic N) is 8. The van der Waals surface area contributed by atoms with Crippen molar-refractivity contribution in [2.24, 2.45) is 11.8 Å². The molecule has 1 aromatic carbocycles. The van der Waals surface area contributed by atoms with Gasteiger partial charge in [0, 0.05) is 42.1 Å². The first-order chi connectivity index (χ1) is 18.0. The lowest BCUT2D eigenvalue weighted by molar-refractivity contribution is 0.112. The molecule has 0 bridgehead atoms. The van der Waals surface area contributed by atoms with Crippen LogP contribution < -0.4 is 4.90 Å². The second-order valence-corrected chi connectivity index (χ2v) is 10.8. The van der Waals surface area contributed by atoms with Gasteiger partial charge < -0.3 is 9.88 Å². The van der Waals surface area contributed by atoms with Crippen molar-refractivity contribution in [3.63, 3.8) is 0 Å². The minimum atomic E-state index is -0.245. The van der Waals surface area contributed by atoms with E-state index in [-0.39, 0.29) is 11.7 Å². The van der Waals surface area contributed by atoms with Gasteiger partial charge in [0.05, 0.1) is 18.8 Å². The molecule has 2 atom stereocenters. The fraction of sp³-hybridized carbons (Fsp3) is 0.423. The van der Waals surface area contributed by atoms with Crippen molar-refractivity contribution in [2.45, 2.75) is 32.4 Å². The van der Waals surface area contributed by atoms with Crippen LogP contribution in [0.15, 0.2) is 36.8 Å². The molecule has 11 heteroatoms. The van der Waals surface area contributed by atoms with Gasteiger partial charge in [0.2, 0.25) is 0 Å². The van der Waals surface area contributed by atoms with Gasteiger partial charge in [-0.2, -0.15) is 10.4 Å². The number of imidazole rings is 1. The highest BCUT2D eigenvalue weighted by molar-refractivity contribution is 6.35. The third-order valence-electron chi connectivity index (χ3n) is 7.65. The van der Waals surface area contributed by atoms with Crippen LogP contribution in [0.2, 0.25) is 10.0 Å². The normalized spacial score (nSPS) is 19.6. The Balaban J connectivity index is 1.19. The van der Waals surface area contributed by atoms with Crippen LogP contribution in [-0.4, -0.2) is 60.8 Å². The first-order valence-corrected chi connectivity index (χ1v) is 13.3. The van der Waals surface area contributed by atoms with Crippen molar-refractivity contribution >= 4 is 40.2 Å². The average molecular weight is 536 g/mol. The largest absolute Gasteiger partial charge is 0.355 e. The van der Waals surface area contributed by atoms with Gasteiger partial charge in [0.15, 0.2) is 11.3 Å². The smallest absolute Gasteiger partial charge is 0.190 e. The molecule has 2 aliphatic heterocycles. The third kappa shape index (κ3) is 4.65. The molecule has 0 saturated carbocycles. The lowest BCUT2D eigenvalue weighted by atomic mass is 9.80. The number of fused-ring (bicyclic) bond motifs is 1. The molecule has 2 fully saturated rings. The summed E-state index contributed by atoms with van der Waals surface area (Å²) in [6.45, 7) is 6.99. The molecule has 5 heterocycles. The van der Waals surface area contributed by atoms with Gasteiger partial charge in [0.1, 0.15) is 23.2 Å². The highest BCUT2D eigenvalue weighted by Gasteiger charge is 2.37. The first-order valence-electron chi connectivity index (χ1n) is 12.6. The fourth-order valence-electron chi connectivity index (χ4n) is 5.58. The molecule has 3 aromatic heterocycles. The summed E-state index contributed by atoms with van der Waals surface area (Å²) >= 11 is 12.6. The summed E-state index contributed by atoms with van der Waals surface area (Å²) in [7, 11) is 0. The highest BCUT2D eigenvalue weighted by atomic mass is 35.5. The summed E-state index contributed by atoms with van der Waals surface area (Å²) in [6.07, 6.45) is 7.93. The standard InChI is InChI=1S/C26H27Cl2N9/c1-16(20-5-4-19(27)9-21(20)28)37-26-25(22(10-29)34-37)32-11-24(33-26)36-13-18(14-36)17-3-2-8-35(12-17)15-23-30-6-7-31-23/h4-7,9,11,16-18H,2-3,8,12-15H2,1H3,(H,30,31)/t16-,17?/m1/s1. The number of hydrogen-bond acceptors (Lipinski definition) is 7. The van der Waals surface area contributed by atoms with E-state index in [1.54, 1.807) is 23.0 Å². The van der Waals surface area contributed by atoms with Crippen LogP contribution in [0.5, 0.6) is 0 Å². The molecule has 2 aliphatic rings. The van der Waals surface area contributed by atoms with Crippen LogP contribution in [0.25, 0.3) is 11.2 Å². The monoisotopic (exact) mass is 535 g/mol. The number of aromatic amines is 1. The van der Waals surface area contributed by atoms with E-state index in [1.807, 2.05) is 25.4 Å². The number of hydrogen-bond donors (Lipinski definition) is 1. The maximum absolute atomic E-state index is 9.65. The third-order valence-corrected chi connectivity index (χ3v) is 8.21. The molecule has 37 heavy (non-hydrogen) atoms. The molecule has 2 saturated heterocycles. The summed E-state index contributed by atoms with van der Waals surface area (Å²) in [4.78, 5) is 21.9. The number of benzene rings is 1. The van der Waals surface area contributed by atoms with Crippen LogP contribution in [0.4, 0.5) is 5.82 Å². The first kappa shape index (κ1) is 24.2. The number of nitriles is 1. The molecule has 1 unspecified atom stereocenters. The summed E-state index contributed by atoms with van der Waals surface area (Å²) in [5, 5.41) is 15.3. The Bertz CT molecular complexity index is 1450. The second kappa shape index (κ2) is 9.93. The Morgan fingerprint density at radius 3 is 2.81 bits per heavy atom. The molecule has 1 N–H and O–H groups in total. The van der Waals surface area contributed by atoms with Crippen molar-refractivity contribution < 1.29 is 0 Å². The SMILES string of the molecule is C[C@H](c1ccc(Cl)cc1Cl)n1nc(C#N)c2ncc(N3CC(C4CCCN(Cc5ncc[nH]5)C4)C3)nc21. The van der Waals surface area contributed by atoms with Gasteiger partial charge >= 0.3 is 0 Å². The number of nitrogens with one attached hydrogen (secondary N) is 1. The number of aromatic nitrogens is 6. The van der Waals surface area contributed by atoms with Crippen LogP contribution in [0.1, 0.15) is 42.9 Å². The van der Waals surface area contributed by atoms with E-state index in [1.165, 1.54) is 12.8 Å². The number of piperidine rings is 1. The average Bonchev–Trinajstić information content (AvgIpc) is 3.50. The van der Waals surface area contributed by atoms with Crippen molar-refractivity contribution in [2.75, 3.05) is 31.1 Å². The van der Waals surface area contributed by atoms with Crippen LogP contribution in [-0.2, 0) is 6.54 Å². The molecule has 4 aromatic rings. The van der Waals surface area contributed by atoms with Gasteiger partial charge in [-0.1, -0.05) is 29.3 Å². The van der Waals surface area contributed by atoms with Crippen molar-refractivity contribution in [1.82, 2.24) is 34.6 Å². The van der Waals surface area contributed by atoms with E-state index in [4.69, 9.17) is 28.2 Å². The van der Waals surface area contributed by atoms with Gasteiger partial charge in [0.25, 0.3) is 0 Å². The van der Waals surface area contributed by atoms with E-state index in [0.29, 0.717) is 33.0 Å². The van der Waals surface area contributed by atoms with E-state index >= 15 is 0 Å². The molecule has 0 amide bonds. The Morgan fingerprint density at radius 2 is 2.05 bits per heavy atom. The zero-order chi connectivity index (χ0) is 25.5. The zero-order valence-electron chi connectivity index (χ0n) is 20.5. The minimum absolute atomic E-state index is 0.245. The molecule has 6 rings (SSSR count). The minimum Gasteiger partial charge on any atom is -0.355 e. The predicted octanol–water partition coefficient (Wildman–Crippen LogP) is 4.69. The number of anilines is 1. The molecular formula is C26H27Cl2N9.